The zero-order valence-electron chi connectivity index (χ0n) is 16.1. The Labute approximate surface area is 169 Å². The third-order valence-corrected chi connectivity index (χ3v) is 7.67. The van der Waals surface area contributed by atoms with Crippen molar-refractivity contribution in [2.75, 3.05) is 11.9 Å². The van der Waals surface area contributed by atoms with E-state index in [1.54, 1.807) is 0 Å². The predicted molar refractivity (Wildman–Crippen MR) is 109 cm³/mol. The van der Waals surface area contributed by atoms with Crippen LogP contribution >= 0.6 is 15.9 Å². The van der Waals surface area contributed by atoms with Crippen LogP contribution in [0.2, 0.25) is 0 Å². The van der Waals surface area contributed by atoms with Crippen molar-refractivity contribution < 1.29 is 14.3 Å². The smallest absolute Gasteiger partial charge is 0.306 e. The molecule has 4 saturated carbocycles. The normalized spacial score (nSPS) is 33.7. The number of anilines is 1. The fourth-order valence-electron chi connectivity index (χ4n) is 6.23. The van der Waals surface area contributed by atoms with Crippen molar-refractivity contribution in [3.05, 3.63) is 29.3 Å². The van der Waals surface area contributed by atoms with E-state index in [0.29, 0.717) is 6.42 Å². The minimum Gasteiger partial charge on any atom is -0.456 e. The highest BCUT2D eigenvalue weighted by Crippen LogP contribution is 2.65. The molecule has 1 aromatic rings. The number of carbonyl (C=O) groups excluding carboxylic acids is 2. The number of rotatable bonds is 5. The molecule has 4 fully saturated rings. The van der Waals surface area contributed by atoms with Crippen molar-refractivity contribution in [2.45, 2.75) is 63.1 Å². The summed E-state index contributed by atoms with van der Waals surface area (Å²) < 4.78 is 5.59. The van der Waals surface area contributed by atoms with E-state index in [-0.39, 0.29) is 28.2 Å². The summed E-state index contributed by atoms with van der Waals surface area (Å²) in [4.78, 5) is 24.7. The number of benzene rings is 1. The Bertz CT molecular complexity index is 741. The van der Waals surface area contributed by atoms with Gasteiger partial charge in [0.15, 0.2) is 6.61 Å². The molecule has 4 aliphatic carbocycles. The van der Waals surface area contributed by atoms with E-state index in [0.717, 1.165) is 47.9 Å². The van der Waals surface area contributed by atoms with Crippen LogP contribution in [0.1, 0.15) is 56.1 Å². The van der Waals surface area contributed by atoms with E-state index in [9.17, 15) is 9.59 Å². The molecule has 0 spiro atoms. The Morgan fingerprint density at radius 1 is 1.15 bits per heavy atom. The number of amides is 1. The van der Waals surface area contributed by atoms with Gasteiger partial charge in [-0.2, -0.15) is 0 Å². The first-order valence-corrected chi connectivity index (χ1v) is 10.8. The number of halogens is 1. The van der Waals surface area contributed by atoms with Gasteiger partial charge >= 0.3 is 5.97 Å². The molecule has 1 amide bonds. The quantitative estimate of drug-likeness (QED) is 0.529. The van der Waals surface area contributed by atoms with Crippen LogP contribution < -0.4 is 5.32 Å². The maximum Gasteiger partial charge on any atom is 0.306 e. The standard InChI is InChI=1S/C22H28BrNO3/c1-14-4-3-5-15(2)20(14)24-18(25)12-27-19(26)11-21-7-16-6-17(8-21)10-22(23,9-16)13-21/h3-5,16-17H,6-13H2,1-2H3,(H,24,25). The summed E-state index contributed by atoms with van der Waals surface area (Å²) in [5.74, 6) is 0.976. The Morgan fingerprint density at radius 2 is 1.78 bits per heavy atom. The monoisotopic (exact) mass is 433 g/mol. The molecule has 2 unspecified atom stereocenters. The second-order valence-electron chi connectivity index (χ2n) is 9.26. The van der Waals surface area contributed by atoms with Crippen molar-refractivity contribution in [3.63, 3.8) is 0 Å². The lowest BCUT2D eigenvalue weighted by Gasteiger charge is -2.60. The summed E-state index contributed by atoms with van der Waals surface area (Å²) in [6.45, 7) is 3.70. The maximum absolute atomic E-state index is 12.5. The van der Waals surface area contributed by atoms with Crippen LogP contribution in [0, 0.1) is 31.1 Å². The van der Waals surface area contributed by atoms with Crippen molar-refractivity contribution in [1.29, 1.82) is 0 Å². The van der Waals surface area contributed by atoms with E-state index in [2.05, 4.69) is 21.2 Å². The van der Waals surface area contributed by atoms with Gasteiger partial charge in [-0.1, -0.05) is 34.1 Å². The van der Waals surface area contributed by atoms with Crippen LogP contribution in [-0.4, -0.2) is 22.8 Å². The number of hydrogen-bond acceptors (Lipinski definition) is 3. The molecule has 0 radical (unpaired) electrons. The molecule has 27 heavy (non-hydrogen) atoms. The molecule has 4 aliphatic rings. The van der Waals surface area contributed by atoms with Gasteiger partial charge in [0.05, 0.1) is 6.42 Å². The number of para-hydroxylation sites is 1. The van der Waals surface area contributed by atoms with Gasteiger partial charge in [0.1, 0.15) is 0 Å². The molecule has 0 heterocycles. The Balaban J connectivity index is 1.32. The lowest BCUT2D eigenvalue weighted by Crippen LogP contribution is -2.53. The molecule has 2 atom stereocenters. The zero-order valence-corrected chi connectivity index (χ0v) is 17.7. The highest BCUT2D eigenvalue weighted by Gasteiger charge is 2.57. The SMILES string of the molecule is Cc1cccc(C)c1NC(=O)COC(=O)CC12CC3CC(CC(Br)(C3)C1)C2. The zero-order chi connectivity index (χ0) is 19.2. The van der Waals surface area contributed by atoms with Crippen LogP contribution in [-0.2, 0) is 14.3 Å². The lowest BCUT2D eigenvalue weighted by atomic mass is 9.49. The Hall–Kier alpha value is -1.36. The van der Waals surface area contributed by atoms with Gasteiger partial charge < -0.3 is 10.1 Å². The molecule has 0 saturated heterocycles. The first kappa shape index (κ1) is 19.0. The highest BCUT2D eigenvalue weighted by atomic mass is 79.9. The van der Waals surface area contributed by atoms with Gasteiger partial charge in [0, 0.05) is 10.0 Å². The molecule has 1 N–H and O–H groups in total. The van der Waals surface area contributed by atoms with E-state index in [4.69, 9.17) is 4.74 Å². The molecule has 4 nitrogen and oxygen atoms in total. The van der Waals surface area contributed by atoms with Crippen LogP contribution in [0.15, 0.2) is 18.2 Å². The second kappa shape index (κ2) is 6.91. The van der Waals surface area contributed by atoms with Crippen LogP contribution in [0.4, 0.5) is 5.69 Å². The molecule has 146 valence electrons. The van der Waals surface area contributed by atoms with Crippen molar-refractivity contribution >= 4 is 33.5 Å². The Morgan fingerprint density at radius 3 is 2.37 bits per heavy atom. The van der Waals surface area contributed by atoms with Gasteiger partial charge in [-0.25, -0.2) is 0 Å². The Kier molecular flexibility index (Phi) is 4.86. The largest absolute Gasteiger partial charge is 0.456 e. The molecule has 0 aromatic heterocycles. The van der Waals surface area contributed by atoms with Crippen LogP contribution in [0.3, 0.4) is 0 Å². The molecule has 1 aromatic carbocycles. The van der Waals surface area contributed by atoms with E-state index in [1.165, 1.54) is 19.3 Å². The summed E-state index contributed by atoms with van der Waals surface area (Å²) in [6.07, 6.45) is 7.61. The molecule has 5 rings (SSSR count). The van der Waals surface area contributed by atoms with Crippen LogP contribution in [0.5, 0.6) is 0 Å². The third-order valence-electron chi connectivity index (χ3n) is 6.74. The van der Waals surface area contributed by atoms with E-state index < -0.39 is 0 Å². The van der Waals surface area contributed by atoms with Crippen molar-refractivity contribution in [1.82, 2.24) is 0 Å². The van der Waals surface area contributed by atoms with Gasteiger partial charge in [-0.3, -0.25) is 9.59 Å². The minimum absolute atomic E-state index is 0.0771. The van der Waals surface area contributed by atoms with Crippen molar-refractivity contribution in [2.24, 2.45) is 17.3 Å². The predicted octanol–water partition coefficient (Wildman–Crippen LogP) is 4.91. The fourth-order valence-corrected chi connectivity index (χ4v) is 7.74. The second-order valence-corrected chi connectivity index (χ2v) is 10.9. The summed E-state index contributed by atoms with van der Waals surface area (Å²) in [5.41, 5.74) is 2.89. The molecule has 4 bridgehead atoms. The summed E-state index contributed by atoms with van der Waals surface area (Å²) in [5, 5.41) is 2.88. The first-order valence-electron chi connectivity index (χ1n) is 9.97. The van der Waals surface area contributed by atoms with Gasteiger partial charge in [-0.05, 0) is 80.8 Å². The third kappa shape index (κ3) is 3.94. The molecule has 5 heteroatoms. The number of aryl methyl sites for hydroxylation is 2. The molecular formula is C22H28BrNO3. The average molecular weight is 434 g/mol. The van der Waals surface area contributed by atoms with Gasteiger partial charge in [0.25, 0.3) is 5.91 Å². The topological polar surface area (TPSA) is 55.4 Å². The fraction of sp³-hybridized carbons (Fsp3) is 0.636. The molecular weight excluding hydrogens is 406 g/mol. The number of hydrogen-bond donors (Lipinski definition) is 1. The lowest BCUT2D eigenvalue weighted by molar-refractivity contribution is -0.153. The van der Waals surface area contributed by atoms with Crippen molar-refractivity contribution in [3.8, 4) is 0 Å². The van der Waals surface area contributed by atoms with Crippen LogP contribution in [0.25, 0.3) is 0 Å². The average Bonchev–Trinajstić information content (AvgIpc) is 2.54. The summed E-state index contributed by atoms with van der Waals surface area (Å²) in [7, 11) is 0. The maximum atomic E-state index is 12.5. The first-order chi connectivity index (χ1) is 12.8. The number of nitrogens with one attached hydrogen (secondary N) is 1. The molecule has 0 aliphatic heterocycles. The summed E-state index contributed by atoms with van der Waals surface area (Å²) in [6, 6.07) is 5.87. The number of alkyl halides is 1. The number of esters is 1. The van der Waals surface area contributed by atoms with Gasteiger partial charge in [0.2, 0.25) is 0 Å². The number of ether oxygens (including phenoxy) is 1. The minimum atomic E-state index is -0.275. The van der Waals surface area contributed by atoms with E-state index >= 15 is 0 Å². The van der Waals surface area contributed by atoms with Gasteiger partial charge in [-0.15, -0.1) is 0 Å². The summed E-state index contributed by atoms with van der Waals surface area (Å²) >= 11 is 3.98. The number of carbonyl (C=O) groups is 2. The highest BCUT2D eigenvalue weighted by molar-refractivity contribution is 9.10. The van der Waals surface area contributed by atoms with E-state index in [1.807, 2.05) is 32.0 Å².